The third kappa shape index (κ3) is 3.33. The second-order valence-corrected chi connectivity index (χ2v) is 7.84. The highest BCUT2D eigenvalue weighted by Crippen LogP contribution is 2.39. The minimum absolute atomic E-state index is 0.119. The summed E-state index contributed by atoms with van der Waals surface area (Å²) in [6.07, 6.45) is 2.20. The summed E-state index contributed by atoms with van der Waals surface area (Å²) in [7, 11) is 0. The Hall–Kier alpha value is -1.46. The topological polar surface area (TPSA) is 69.6 Å². The number of halogens is 2. The maximum absolute atomic E-state index is 12.3. The fourth-order valence-corrected chi connectivity index (χ4v) is 3.66. The van der Waals surface area contributed by atoms with Crippen molar-refractivity contribution in [1.29, 1.82) is 0 Å². The van der Waals surface area contributed by atoms with E-state index in [0.29, 0.717) is 28.9 Å². The monoisotopic (exact) mass is 370 g/mol. The Labute approximate surface area is 150 Å². The Morgan fingerprint density at radius 2 is 2.00 bits per heavy atom. The number of hydrogen-bond donors (Lipinski definition) is 2. The lowest BCUT2D eigenvalue weighted by Gasteiger charge is -2.37. The first-order valence-corrected chi connectivity index (χ1v) is 8.78. The van der Waals surface area contributed by atoms with Crippen LogP contribution < -0.4 is 5.32 Å². The average molecular weight is 371 g/mol. The van der Waals surface area contributed by atoms with Crippen molar-refractivity contribution in [3.05, 3.63) is 33.8 Å². The number of carbonyl (C=O) groups excluding carboxylic acids is 1. The van der Waals surface area contributed by atoms with Gasteiger partial charge in [0.25, 0.3) is 0 Å². The van der Waals surface area contributed by atoms with E-state index < -0.39 is 11.4 Å². The van der Waals surface area contributed by atoms with Crippen molar-refractivity contribution in [2.45, 2.75) is 38.1 Å². The summed E-state index contributed by atoms with van der Waals surface area (Å²) < 4.78 is 0. The molecule has 1 aromatic rings. The van der Waals surface area contributed by atoms with Crippen LogP contribution in [0.1, 0.15) is 37.7 Å². The summed E-state index contributed by atoms with van der Waals surface area (Å²) in [5, 5.41) is 13.3. The van der Waals surface area contributed by atoms with E-state index in [4.69, 9.17) is 23.2 Å². The van der Waals surface area contributed by atoms with Crippen LogP contribution in [0.3, 0.4) is 0 Å². The number of carboxylic acids is 1. The van der Waals surface area contributed by atoms with Crippen molar-refractivity contribution in [3.63, 3.8) is 0 Å². The molecular formula is C17H20Cl2N2O3. The molecule has 0 aromatic heterocycles. The van der Waals surface area contributed by atoms with Gasteiger partial charge in [-0.1, -0.05) is 29.3 Å². The number of nitrogens with one attached hydrogen (secondary N) is 1. The van der Waals surface area contributed by atoms with E-state index in [1.807, 2.05) is 12.1 Å². The van der Waals surface area contributed by atoms with Gasteiger partial charge in [0, 0.05) is 19.1 Å². The molecule has 1 unspecified atom stereocenters. The number of carboxylic acid groups (broad SMARTS) is 1. The van der Waals surface area contributed by atoms with Crippen LogP contribution >= 0.6 is 23.2 Å². The van der Waals surface area contributed by atoms with Crippen LogP contribution in [0.15, 0.2) is 18.2 Å². The van der Waals surface area contributed by atoms with Crippen LogP contribution in [0.25, 0.3) is 0 Å². The maximum Gasteiger partial charge on any atom is 0.317 e. The first kappa shape index (κ1) is 17.4. The molecule has 2 fully saturated rings. The summed E-state index contributed by atoms with van der Waals surface area (Å²) in [6, 6.07) is 5.59. The number of hydrogen-bond acceptors (Lipinski definition) is 2. The molecular weight excluding hydrogens is 351 g/mol. The van der Waals surface area contributed by atoms with Crippen molar-refractivity contribution in [2.24, 2.45) is 5.41 Å². The highest BCUT2D eigenvalue weighted by Gasteiger charge is 2.43. The van der Waals surface area contributed by atoms with Gasteiger partial charge in [0.15, 0.2) is 0 Å². The molecule has 0 bridgehead atoms. The normalized spacial score (nSPS) is 29.2. The second kappa shape index (κ2) is 6.45. The highest BCUT2D eigenvalue weighted by atomic mass is 35.5. The third-order valence-electron chi connectivity index (χ3n) is 5.16. The zero-order valence-corrected chi connectivity index (χ0v) is 14.9. The molecule has 0 spiro atoms. The van der Waals surface area contributed by atoms with E-state index in [2.05, 4.69) is 5.32 Å². The molecule has 2 N–H and O–H groups in total. The van der Waals surface area contributed by atoms with E-state index in [0.717, 1.165) is 18.4 Å². The average Bonchev–Trinajstić information content (AvgIpc) is 2.89. The Morgan fingerprint density at radius 3 is 2.58 bits per heavy atom. The first-order valence-electron chi connectivity index (χ1n) is 8.02. The van der Waals surface area contributed by atoms with Crippen LogP contribution in [0.5, 0.6) is 0 Å². The first-order chi connectivity index (χ1) is 11.3. The van der Waals surface area contributed by atoms with Gasteiger partial charge in [-0.25, -0.2) is 4.79 Å². The van der Waals surface area contributed by atoms with E-state index in [1.54, 1.807) is 17.9 Å². The second-order valence-electron chi connectivity index (χ2n) is 7.03. The number of urea groups is 1. The van der Waals surface area contributed by atoms with Crippen molar-refractivity contribution in [2.75, 3.05) is 13.1 Å². The predicted octanol–water partition coefficient (Wildman–Crippen LogP) is 3.75. The molecule has 1 aliphatic heterocycles. The van der Waals surface area contributed by atoms with Crippen LogP contribution in [0.2, 0.25) is 10.0 Å². The lowest BCUT2D eigenvalue weighted by atomic mass is 9.76. The minimum atomic E-state index is -0.846. The van der Waals surface area contributed by atoms with Gasteiger partial charge in [-0.05, 0) is 49.8 Å². The molecule has 130 valence electrons. The standard InChI is InChI=1S/C17H20Cl2N2O3/c1-17(15(22)23)4-5-21(9-17)16(24)20-12-6-11(7-12)10-2-3-13(18)14(19)8-10/h2-3,8,11-12H,4-7,9H2,1H3,(H,20,24)(H,22,23). The number of carbonyl (C=O) groups is 2. The van der Waals surface area contributed by atoms with E-state index >= 15 is 0 Å². The quantitative estimate of drug-likeness (QED) is 0.850. The van der Waals surface area contributed by atoms with E-state index in [-0.39, 0.29) is 18.6 Å². The molecule has 2 aliphatic rings. The number of aliphatic carboxylic acids is 1. The molecule has 1 heterocycles. The number of amides is 2. The SMILES string of the molecule is CC1(C(=O)O)CCN(C(=O)NC2CC(c3ccc(Cl)c(Cl)c3)C2)C1. The summed E-state index contributed by atoms with van der Waals surface area (Å²) >= 11 is 12.0. The van der Waals surface area contributed by atoms with Gasteiger partial charge in [-0.2, -0.15) is 0 Å². The summed E-state index contributed by atoms with van der Waals surface area (Å²) in [5.74, 6) is -0.478. The van der Waals surface area contributed by atoms with Crippen LogP contribution in [0, 0.1) is 5.41 Å². The van der Waals surface area contributed by atoms with Gasteiger partial charge in [-0.15, -0.1) is 0 Å². The smallest absolute Gasteiger partial charge is 0.317 e. The molecule has 1 aromatic carbocycles. The maximum atomic E-state index is 12.3. The molecule has 0 radical (unpaired) electrons. The largest absolute Gasteiger partial charge is 0.481 e. The van der Waals surface area contributed by atoms with Crippen molar-refractivity contribution in [3.8, 4) is 0 Å². The zero-order valence-electron chi connectivity index (χ0n) is 13.4. The number of benzene rings is 1. The number of nitrogens with zero attached hydrogens (tertiary/aromatic N) is 1. The zero-order chi connectivity index (χ0) is 17.5. The van der Waals surface area contributed by atoms with Crippen LogP contribution in [-0.2, 0) is 4.79 Å². The third-order valence-corrected chi connectivity index (χ3v) is 5.90. The van der Waals surface area contributed by atoms with Gasteiger partial charge in [0.1, 0.15) is 0 Å². The number of likely N-dealkylation sites (tertiary alicyclic amines) is 1. The van der Waals surface area contributed by atoms with E-state index in [9.17, 15) is 14.7 Å². The molecule has 24 heavy (non-hydrogen) atoms. The summed E-state index contributed by atoms with van der Waals surface area (Å²) in [4.78, 5) is 25.1. The fourth-order valence-electron chi connectivity index (χ4n) is 3.35. The van der Waals surface area contributed by atoms with Crippen molar-refractivity contribution < 1.29 is 14.7 Å². The van der Waals surface area contributed by atoms with Crippen molar-refractivity contribution in [1.82, 2.24) is 10.2 Å². The number of rotatable bonds is 3. The van der Waals surface area contributed by atoms with Gasteiger partial charge in [0.05, 0.1) is 15.5 Å². The van der Waals surface area contributed by atoms with Crippen molar-refractivity contribution >= 4 is 35.2 Å². The molecule has 7 heteroatoms. The van der Waals surface area contributed by atoms with Gasteiger partial charge >= 0.3 is 12.0 Å². The van der Waals surface area contributed by atoms with Gasteiger partial charge < -0.3 is 15.3 Å². The molecule has 1 saturated carbocycles. The minimum Gasteiger partial charge on any atom is -0.481 e. The molecule has 1 atom stereocenters. The lowest BCUT2D eigenvalue weighted by Crippen LogP contribution is -2.49. The summed E-state index contributed by atoms with van der Waals surface area (Å²) in [5.41, 5.74) is 0.300. The van der Waals surface area contributed by atoms with E-state index in [1.165, 1.54) is 0 Å². The van der Waals surface area contributed by atoms with Gasteiger partial charge in [-0.3, -0.25) is 4.79 Å². The molecule has 1 saturated heterocycles. The van der Waals surface area contributed by atoms with Gasteiger partial charge in [0.2, 0.25) is 0 Å². The molecule has 2 amide bonds. The predicted molar refractivity (Wildman–Crippen MR) is 92.7 cm³/mol. The molecule has 3 rings (SSSR count). The Balaban J connectivity index is 1.50. The highest BCUT2D eigenvalue weighted by molar-refractivity contribution is 6.42. The Kier molecular flexibility index (Phi) is 4.67. The molecule has 1 aliphatic carbocycles. The fraction of sp³-hybridized carbons (Fsp3) is 0.529. The summed E-state index contributed by atoms with van der Waals surface area (Å²) in [6.45, 7) is 2.43. The molecule has 5 nitrogen and oxygen atoms in total. The Morgan fingerprint density at radius 1 is 1.29 bits per heavy atom. The van der Waals surface area contributed by atoms with Crippen LogP contribution in [-0.4, -0.2) is 41.1 Å². The Bertz CT molecular complexity index is 676. The van der Waals surface area contributed by atoms with Crippen LogP contribution in [0.4, 0.5) is 4.79 Å². The lowest BCUT2D eigenvalue weighted by molar-refractivity contribution is -0.147.